The van der Waals surface area contributed by atoms with Crippen LogP contribution in [0, 0.1) is 13.8 Å². The highest BCUT2D eigenvalue weighted by Gasteiger charge is 2.12. The van der Waals surface area contributed by atoms with Crippen molar-refractivity contribution in [2.75, 3.05) is 26.6 Å². The average Bonchev–Trinajstić information content (AvgIpc) is 2.73. The average molecular weight is 413 g/mol. The van der Waals surface area contributed by atoms with Gasteiger partial charge in [0.2, 0.25) is 17.6 Å². The largest absolute Gasteiger partial charge is 0.493 e. The molecule has 2 N–H and O–H groups in total. The molecule has 2 rings (SSSR count). The number of anilines is 1. The van der Waals surface area contributed by atoms with Gasteiger partial charge in [-0.3, -0.25) is 9.59 Å². The van der Waals surface area contributed by atoms with E-state index in [4.69, 9.17) is 14.2 Å². The number of hydrazone groups is 1. The van der Waals surface area contributed by atoms with Gasteiger partial charge >= 0.3 is 0 Å². The van der Waals surface area contributed by atoms with Gasteiger partial charge in [0.25, 0.3) is 0 Å². The molecule has 0 aliphatic heterocycles. The summed E-state index contributed by atoms with van der Waals surface area (Å²) < 4.78 is 15.8. The molecule has 2 amide bonds. The monoisotopic (exact) mass is 413 g/mol. The van der Waals surface area contributed by atoms with E-state index in [1.165, 1.54) is 27.5 Å². The molecule has 0 atom stereocenters. The van der Waals surface area contributed by atoms with Gasteiger partial charge < -0.3 is 19.5 Å². The van der Waals surface area contributed by atoms with Crippen LogP contribution in [0.15, 0.2) is 35.4 Å². The van der Waals surface area contributed by atoms with Crippen LogP contribution in [0.5, 0.6) is 17.2 Å². The number of nitrogens with one attached hydrogen (secondary N) is 2. The number of methoxy groups -OCH3 is 3. The molecular formula is C22H27N3O5. The fourth-order valence-corrected chi connectivity index (χ4v) is 2.80. The summed E-state index contributed by atoms with van der Waals surface area (Å²) in [6, 6.07) is 9.17. The zero-order chi connectivity index (χ0) is 22.1. The van der Waals surface area contributed by atoms with E-state index in [2.05, 4.69) is 15.8 Å². The highest BCUT2D eigenvalue weighted by atomic mass is 16.5. The Morgan fingerprint density at radius 1 is 0.933 bits per heavy atom. The van der Waals surface area contributed by atoms with Gasteiger partial charge in [0, 0.05) is 24.1 Å². The number of carbonyl (C=O) groups is 2. The van der Waals surface area contributed by atoms with Crippen LogP contribution < -0.4 is 25.0 Å². The van der Waals surface area contributed by atoms with Crippen molar-refractivity contribution in [2.24, 2.45) is 5.10 Å². The Hall–Kier alpha value is -3.55. The van der Waals surface area contributed by atoms with Crippen LogP contribution in [0.1, 0.15) is 29.5 Å². The summed E-state index contributed by atoms with van der Waals surface area (Å²) in [5, 5.41) is 6.74. The summed E-state index contributed by atoms with van der Waals surface area (Å²) in [5.41, 5.74) is 5.90. The van der Waals surface area contributed by atoms with E-state index in [1.54, 1.807) is 12.1 Å². The summed E-state index contributed by atoms with van der Waals surface area (Å²) in [6.07, 6.45) is 1.53. The number of carbonyl (C=O) groups excluding carboxylic acids is 2. The van der Waals surface area contributed by atoms with Gasteiger partial charge in [0.05, 0.1) is 27.5 Å². The molecule has 0 radical (unpaired) electrons. The maximum absolute atomic E-state index is 12.1. The lowest BCUT2D eigenvalue weighted by atomic mass is 10.1. The Labute approximate surface area is 176 Å². The molecule has 0 aliphatic carbocycles. The van der Waals surface area contributed by atoms with Crippen molar-refractivity contribution in [3.8, 4) is 17.2 Å². The molecule has 30 heavy (non-hydrogen) atoms. The number of benzene rings is 2. The predicted octanol–water partition coefficient (Wildman–Crippen LogP) is 3.20. The van der Waals surface area contributed by atoms with E-state index in [0.29, 0.717) is 22.8 Å². The van der Waals surface area contributed by atoms with Gasteiger partial charge in [0.15, 0.2) is 11.5 Å². The lowest BCUT2D eigenvalue weighted by Crippen LogP contribution is -2.20. The molecule has 0 saturated carbocycles. The molecule has 2 aromatic rings. The molecule has 0 unspecified atom stereocenters. The number of rotatable bonds is 9. The molecule has 0 heterocycles. The summed E-state index contributed by atoms with van der Waals surface area (Å²) in [6.45, 7) is 3.91. The second-order valence-electron chi connectivity index (χ2n) is 6.62. The molecular weight excluding hydrogens is 386 g/mol. The second kappa shape index (κ2) is 10.8. The van der Waals surface area contributed by atoms with Gasteiger partial charge in [-0.1, -0.05) is 17.7 Å². The molecule has 0 saturated heterocycles. The Kier molecular flexibility index (Phi) is 8.22. The molecule has 0 aliphatic rings. The van der Waals surface area contributed by atoms with Crippen molar-refractivity contribution in [2.45, 2.75) is 26.7 Å². The number of hydrogen-bond acceptors (Lipinski definition) is 6. The first kappa shape index (κ1) is 22.7. The van der Waals surface area contributed by atoms with Crippen molar-refractivity contribution in [3.05, 3.63) is 47.0 Å². The van der Waals surface area contributed by atoms with Crippen LogP contribution in [-0.2, 0) is 9.59 Å². The number of aryl methyl sites for hydroxylation is 2. The number of hydrogen-bond donors (Lipinski definition) is 2. The first-order chi connectivity index (χ1) is 14.4. The Bertz CT molecular complexity index is 915. The molecule has 0 spiro atoms. The van der Waals surface area contributed by atoms with E-state index in [0.717, 1.165) is 16.8 Å². The first-order valence-electron chi connectivity index (χ1n) is 9.37. The summed E-state index contributed by atoms with van der Waals surface area (Å²) >= 11 is 0. The predicted molar refractivity (Wildman–Crippen MR) is 116 cm³/mol. The van der Waals surface area contributed by atoms with Crippen molar-refractivity contribution in [3.63, 3.8) is 0 Å². The van der Waals surface area contributed by atoms with E-state index in [1.807, 2.05) is 32.0 Å². The second-order valence-corrected chi connectivity index (χ2v) is 6.62. The van der Waals surface area contributed by atoms with Crippen LogP contribution in [0.2, 0.25) is 0 Å². The van der Waals surface area contributed by atoms with Gasteiger partial charge in [-0.25, -0.2) is 5.43 Å². The van der Waals surface area contributed by atoms with E-state index >= 15 is 0 Å². The van der Waals surface area contributed by atoms with Crippen molar-refractivity contribution in [1.29, 1.82) is 0 Å². The summed E-state index contributed by atoms with van der Waals surface area (Å²) in [5.74, 6) is 0.830. The third-order valence-electron chi connectivity index (χ3n) is 4.33. The van der Waals surface area contributed by atoms with Crippen LogP contribution in [0.25, 0.3) is 0 Å². The van der Waals surface area contributed by atoms with Crippen LogP contribution in [0.3, 0.4) is 0 Å². The smallest absolute Gasteiger partial charge is 0.240 e. The van der Waals surface area contributed by atoms with Gasteiger partial charge in [-0.05, 0) is 37.6 Å². The van der Waals surface area contributed by atoms with E-state index in [9.17, 15) is 9.59 Å². The third-order valence-corrected chi connectivity index (χ3v) is 4.33. The minimum Gasteiger partial charge on any atom is -0.493 e. The van der Waals surface area contributed by atoms with Crippen molar-refractivity contribution >= 4 is 23.7 Å². The topological polar surface area (TPSA) is 98.2 Å². The minimum atomic E-state index is -0.366. The fraction of sp³-hybridized carbons (Fsp3) is 0.318. The maximum atomic E-state index is 12.1. The van der Waals surface area contributed by atoms with Crippen LogP contribution in [0.4, 0.5) is 5.69 Å². The lowest BCUT2D eigenvalue weighted by molar-refractivity contribution is -0.124. The summed E-state index contributed by atoms with van der Waals surface area (Å²) in [7, 11) is 4.55. The fourth-order valence-electron chi connectivity index (χ4n) is 2.80. The molecule has 8 nitrogen and oxygen atoms in total. The molecule has 8 heteroatoms. The molecule has 0 aromatic heterocycles. The van der Waals surface area contributed by atoms with Gasteiger partial charge in [0.1, 0.15) is 0 Å². The Morgan fingerprint density at radius 2 is 1.57 bits per heavy atom. The van der Waals surface area contributed by atoms with E-state index in [-0.39, 0.29) is 24.7 Å². The van der Waals surface area contributed by atoms with E-state index < -0.39 is 0 Å². The first-order valence-corrected chi connectivity index (χ1v) is 9.37. The SMILES string of the molecule is COc1cc(/C=N\NC(=O)CCC(=O)Nc2ccc(C)cc2C)cc(OC)c1OC. The highest BCUT2D eigenvalue weighted by molar-refractivity contribution is 5.94. The molecule has 0 fully saturated rings. The van der Waals surface area contributed by atoms with Gasteiger partial charge in [-0.2, -0.15) is 5.10 Å². The maximum Gasteiger partial charge on any atom is 0.240 e. The normalized spacial score (nSPS) is 10.6. The van der Waals surface area contributed by atoms with Crippen molar-refractivity contribution in [1.82, 2.24) is 5.43 Å². The Morgan fingerprint density at radius 3 is 2.13 bits per heavy atom. The lowest BCUT2D eigenvalue weighted by Gasteiger charge is -2.12. The van der Waals surface area contributed by atoms with Gasteiger partial charge in [-0.15, -0.1) is 0 Å². The zero-order valence-electron chi connectivity index (χ0n) is 17.9. The van der Waals surface area contributed by atoms with Crippen molar-refractivity contribution < 1.29 is 23.8 Å². The summed E-state index contributed by atoms with van der Waals surface area (Å²) in [4.78, 5) is 24.1. The number of nitrogens with zero attached hydrogens (tertiary/aromatic N) is 1. The number of amides is 2. The molecule has 0 bridgehead atoms. The minimum absolute atomic E-state index is 0.0172. The molecule has 2 aromatic carbocycles. The third kappa shape index (κ3) is 6.23. The van der Waals surface area contributed by atoms with Crippen LogP contribution in [-0.4, -0.2) is 39.4 Å². The van der Waals surface area contributed by atoms with Crippen LogP contribution >= 0.6 is 0 Å². The Balaban J connectivity index is 1.88. The standard InChI is InChI=1S/C22H27N3O5/c1-14-6-7-17(15(2)10-14)24-20(26)8-9-21(27)25-23-13-16-11-18(28-3)22(30-5)19(12-16)29-4/h6-7,10-13H,8-9H2,1-5H3,(H,24,26)(H,25,27)/b23-13-. The quantitative estimate of drug-likeness (QED) is 0.486. The zero-order valence-corrected chi connectivity index (χ0v) is 17.9. The molecule has 160 valence electrons. The number of ether oxygens (including phenoxy) is 3. The highest BCUT2D eigenvalue weighted by Crippen LogP contribution is 2.37.